The number of furan rings is 1. The molecule has 0 fully saturated rings. The lowest BCUT2D eigenvalue weighted by Crippen LogP contribution is -2.15. The summed E-state index contributed by atoms with van der Waals surface area (Å²) in [6.45, 7) is 4.42. The number of carbonyl (C=O) groups is 1. The van der Waals surface area contributed by atoms with Crippen molar-refractivity contribution in [2.24, 2.45) is 0 Å². The molecule has 4 aromatic rings. The van der Waals surface area contributed by atoms with Crippen molar-refractivity contribution in [3.63, 3.8) is 0 Å². The predicted molar refractivity (Wildman–Crippen MR) is 124 cm³/mol. The van der Waals surface area contributed by atoms with Gasteiger partial charge in [0.1, 0.15) is 5.76 Å². The van der Waals surface area contributed by atoms with E-state index in [1.165, 1.54) is 11.8 Å². The maximum atomic E-state index is 12.6. The standard InChI is InChI=1S/C23H21ClN4O2S/c1-15-8-9-16(2)20(11-15)25-21(29)14-31-23-27-26-22(17-5-3-6-18(24)12-17)28(23)13-19-7-4-10-30-19/h3-12H,13-14H2,1-2H3,(H,25,29). The number of amides is 1. The van der Waals surface area contributed by atoms with E-state index in [1.807, 2.05) is 73.0 Å². The van der Waals surface area contributed by atoms with Gasteiger partial charge < -0.3 is 9.73 Å². The van der Waals surface area contributed by atoms with Gasteiger partial charge in [0.05, 0.1) is 18.6 Å². The second-order valence-corrected chi connectivity index (χ2v) is 8.52. The molecule has 4 rings (SSSR count). The maximum absolute atomic E-state index is 12.6. The second-order valence-electron chi connectivity index (χ2n) is 7.14. The minimum Gasteiger partial charge on any atom is -0.467 e. The Morgan fingerprint density at radius 2 is 2.00 bits per heavy atom. The van der Waals surface area contributed by atoms with Crippen molar-refractivity contribution in [3.05, 3.63) is 82.8 Å². The van der Waals surface area contributed by atoms with Gasteiger partial charge in [0.25, 0.3) is 0 Å². The quantitative estimate of drug-likeness (QED) is 0.370. The molecule has 0 aliphatic rings. The Morgan fingerprint density at radius 1 is 1.13 bits per heavy atom. The highest BCUT2D eigenvalue weighted by molar-refractivity contribution is 7.99. The fourth-order valence-corrected chi connectivity index (χ4v) is 4.05. The third-order valence-electron chi connectivity index (χ3n) is 4.69. The van der Waals surface area contributed by atoms with Gasteiger partial charge in [-0.05, 0) is 55.3 Å². The van der Waals surface area contributed by atoms with Gasteiger partial charge in [-0.1, -0.05) is 47.6 Å². The molecule has 0 aliphatic heterocycles. The summed E-state index contributed by atoms with van der Waals surface area (Å²) in [6, 6.07) is 17.2. The molecule has 2 aromatic heterocycles. The monoisotopic (exact) mass is 452 g/mol. The van der Waals surface area contributed by atoms with Crippen LogP contribution in [0.5, 0.6) is 0 Å². The molecule has 0 atom stereocenters. The number of hydrogen-bond donors (Lipinski definition) is 1. The number of rotatable bonds is 7. The summed E-state index contributed by atoms with van der Waals surface area (Å²) in [6.07, 6.45) is 1.63. The Bertz CT molecular complexity index is 1200. The van der Waals surface area contributed by atoms with Crippen LogP contribution in [0.3, 0.4) is 0 Å². The average molecular weight is 453 g/mol. The minimum atomic E-state index is -0.101. The van der Waals surface area contributed by atoms with Crippen molar-refractivity contribution in [1.29, 1.82) is 0 Å². The van der Waals surface area contributed by atoms with Gasteiger partial charge >= 0.3 is 0 Å². The normalized spacial score (nSPS) is 10.9. The molecule has 0 radical (unpaired) electrons. The smallest absolute Gasteiger partial charge is 0.234 e. The lowest BCUT2D eigenvalue weighted by molar-refractivity contribution is -0.113. The van der Waals surface area contributed by atoms with E-state index in [4.69, 9.17) is 16.0 Å². The summed E-state index contributed by atoms with van der Waals surface area (Å²) in [5.74, 6) is 1.54. The van der Waals surface area contributed by atoms with Gasteiger partial charge in [-0.2, -0.15) is 0 Å². The van der Waals surface area contributed by atoms with Crippen molar-refractivity contribution in [2.75, 3.05) is 11.1 Å². The van der Waals surface area contributed by atoms with Gasteiger partial charge in [0.2, 0.25) is 5.91 Å². The highest BCUT2D eigenvalue weighted by Gasteiger charge is 2.17. The van der Waals surface area contributed by atoms with Crippen LogP contribution in [0.4, 0.5) is 5.69 Å². The molecule has 31 heavy (non-hydrogen) atoms. The number of nitrogens with one attached hydrogen (secondary N) is 1. The van der Waals surface area contributed by atoms with Crippen LogP contribution in [-0.2, 0) is 11.3 Å². The highest BCUT2D eigenvalue weighted by atomic mass is 35.5. The third kappa shape index (κ3) is 5.18. The molecule has 8 heteroatoms. The average Bonchev–Trinajstić information content (AvgIpc) is 3.40. The number of aryl methyl sites for hydroxylation is 2. The van der Waals surface area contributed by atoms with Gasteiger partial charge in [0, 0.05) is 16.3 Å². The van der Waals surface area contributed by atoms with Crippen LogP contribution in [0.15, 0.2) is 70.4 Å². The molecule has 158 valence electrons. The summed E-state index contributed by atoms with van der Waals surface area (Å²) in [5.41, 5.74) is 3.78. The van der Waals surface area contributed by atoms with Crippen molar-refractivity contribution >= 4 is 35.0 Å². The van der Waals surface area contributed by atoms with Gasteiger partial charge in [-0.15, -0.1) is 10.2 Å². The van der Waals surface area contributed by atoms with Crippen LogP contribution in [0.25, 0.3) is 11.4 Å². The van der Waals surface area contributed by atoms with E-state index >= 15 is 0 Å². The van der Waals surface area contributed by atoms with Crippen LogP contribution in [-0.4, -0.2) is 26.4 Å². The molecule has 0 saturated heterocycles. The van der Waals surface area contributed by atoms with E-state index in [0.29, 0.717) is 22.5 Å². The second kappa shape index (κ2) is 9.41. The van der Waals surface area contributed by atoms with Crippen molar-refractivity contribution in [3.8, 4) is 11.4 Å². The molecule has 1 amide bonds. The molecule has 0 saturated carbocycles. The van der Waals surface area contributed by atoms with Gasteiger partial charge in [0.15, 0.2) is 11.0 Å². The number of nitrogens with zero attached hydrogens (tertiary/aromatic N) is 3. The Hall–Kier alpha value is -3.03. The van der Waals surface area contributed by atoms with Crippen LogP contribution < -0.4 is 5.32 Å². The van der Waals surface area contributed by atoms with E-state index < -0.39 is 0 Å². The highest BCUT2D eigenvalue weighted by Crippen LogP contribution is 2.27. The van der Waals surface area contributed by atoms with Gasteiger partial charge in [-0.3, -0.25) is 9.36 Å². The predicted octanol–water partition coefficient (Wildman–Crippen LogP) is 5.59. The molecule has 6 nitrogen and oxygen atoms in total. The summed E-state index contributed by atoms with van der Waals surface area (Å²) >= 11 is 7.49. The molecule has 0 bridgehead atoms. The molecule has 0 spiro atoms. The van der Waals surface area contributed by atoms with E-state index in [1.54, 1.807) is 6.26 Å². The largest absolute Gasteiger partial charge is 0.467 e. The maximum Gasteiger partial charge on any atom is 0.234 e. The fraction of sp³-hybridized carbons (Fsp3) is 0.174. The number of anilines is 1. The van der Waals surface area contributed by atoms with Crippen LogP contribution in [0, 0.1) is 13.8 Å². The zero-order valence-electron chi connectivity index (χ0n) is 17.1. The molecular weight excluding hydrogens is 432 g/mol. The number of aromatic nitrogens is 3. The molecule has 0 aliphatic carbocycles. The van der Waals surface area contributed by atoms with E-state index in [0.717, 1.165) is 28.1 Å². The first-order chi connectivity index (χ1) is 15.0. The van der Waals surface area contributed by atoms with Crippen LogP contribution >= 0.6 is 23.4 Å². The Kier molecular flexibility index (Phi) is 6.44. The lowest BCUT2D eigenvalue weighted by atomic mass is 10.1. The van der Waals surface area contributed by atoms with Crippen LogP contribution in [0.1, 0.15) is 16.9 Å². The zero-order valence-corrected chi connectivity index (χ0v) is 18.7. The van der Waals surface area contributed by atoms with E-state index in [2.05, 4.69) is 15.5 Å². The Morgan fingerprint density at radius 3 is 2.77 bits per heavy atom. The first kappa shape index (κ1) is 21.2. The Balaban J connectivity index is 1.54. The number of thioether (sulfide) groups is 1. The van der Waals surface area contributed by atoms with Crippen molar-refractivity contribution < 1.29 is 9.21 Å². The number of hydrogen-bond acceptors (Lipinski definition) is 5. The summed E-state index contributed by atoms with van der Waals surface area (Å²) in [4.78, 5) is 12.6. The first-order valence-corrected chi connectivity index (χ1v) is 11.1. The Labute approximate surface area is 189 Å². The zero-order chi connectivity index (χ0) is 21.8. The van der Waals surface area contributed by atoms with Crippen LogP contribution in [0.2, 0.25) is 5.02 Å². The molecule has 2 aromatic carbocycles. The fourth-order valence-electron chi connectivity index (χ4n) is 3.12. The van der Waals surface area contributed by atoms with E-state index in [-0.39, 0.29) is 11.7 Å². The topological polar surface area (TPSA) is 73.0 Å². The molecule has 0 unspecified atom stereocenters. The summed E-state index contributed by atoms with van der Waals surface area (Å²) in [7, 11) is 0. The lowest BCUT2D eigenvalue weighted by Gasteiger charge is -2.11. The molecule has 2 heterocycles. The number of benzene rings is 2. The third-order valence-corrected chi connectivity index (χ3v) is 5.90. The molecule has 1 N–H and O–H groups in total. The SMILES string of the molecule is Cc1ccc(C)c(NC(=O)CSc2nnc(-c3cccc(Cl)c3)n2Cc2ccco2)c1. The summed E-state index contributed by atoms with van der Waals surface area (Å²) in [5, 5.41) is 12.9. The van der Waals surface area contributed by atoms with E-state index in [9.17, 15) is 4.79 Å². The minimum absolute atomic E-state index is 0.101. The van der Waals surface area contributed by atoms with Gasteiger partial charge in [-0.25, -0.2) is 0 Å². The van der Waals surface area contributed by atoms with Crippen molar-refractivity contribution in [2.45, 2.75) is 25.5 Å². The molecular formula is C23H21ClN4O2S. The van der Waals surface area contributed by atoms with Crippen molar-refractivity contribution in [1.82, 2.24) is 14.8 Å². The summed E-state index contributed by atoms with van der Waals surface area (Å²) < 4.78 is 7.45. The number of carbonyl (C=O) groups excluding carboxylic acids is 1. The number of halogens is 1. The first-order valence-electron chi connectivity index (χ1n) is 9.71.